The molecular weight excluding hydrogens is 582 g/mol. The van der Waals surface area contributed by atoms with E-state index in [0.717, 1.165) is 0 Å². The fourth-order valence-corrected chi connectivity index (χ4v) is 8.27. The molecule has 3 aliphatic rings. The van der Waals surface area contributed by atoms with Crippen LogP contribution in [0.15, 0.2) is 52.5 Å². The van der Waals surface area contributed by atoms with Crippen LogP contribution in [-0.2, 0) is 28.6 Å². The van der Waals surface area contributed by atoms with Crippen LogP contribution in [0.3, 0.4) is 0 Å². The second kappa shape index (κ2) is 12.1. The summed E-state index contributed by atoms with van der Waals surface area (Å²) in [5.74, 6) is -2.24. The van der Waals surface area contributed by atoms with Gasteiger partial charge in [-0.2, -0.15) is 0 Å². The molecule has 3 heterocycles. The molecule has 242 valence electrons. The van der Waals surface area contributed by atoms with Crippen molar-refractivity contribution in [2.24, 2.45) is 22.7 Å². The normalized spacial score (nSPS) is 33.3. The van der Waals surface area contributed by atoms with Crippen LogP contribution < -0.4 is 10.4 Å². The van der Waals surface area contributed by atoms with E-state index in [1.54, 1.807) is 43.6 Å². The Morgan fingerprint density at radius 2 is 1.91 bits per heavy atom. The first-order valence-corrected chi connectivity index (χ1v) is 15.3. The first-order chi connectivity index (χ1) is 21.2. The quantitative estimate of drug-likeness (QED) is 0.247. The van der Waals surface area contributed by atoms with Gasteiger partial charge in [0, 0.05) is 55.6 Å². The SMILES string of the molecule is C=CCCC(=O)O[C@H]1CC2[C@](C)(CC[C@H](OC(C)=O)[C@@]2(C)COC(C)=O)C2C(O)c3c(cc(-c4cccnc4)oc3=O)O[C@@]21C. The van der Waals surface area contributed by atoms with Gasteiger partial charge in [-0.3, -0.25) is 19.4 Å². The third-order valence-electron chi connectivity index (χ3n) is 10.2. The number of nitrogens with zero attached hydrogens (tertiary/aromatic N) is 1. The molecule has 0 radical (unpaired) electrons. The highest BCUT2D eigenvalue weighted by molar-refractivity contribution is 5.70. The first-order valence-electron chi connectivity index (χ1n) is 15.3. The number of esters is 3. The number of hydrogen-bond acceptors (Lipinski definition) is 11. The number of pyridine rings is 1. The van der Waals surface area contributed by atoms with E-state index in [0.29, 0.717) is 24.8 Å². The van der Waals surface area contributed by atoms with Crippen LogP contribution in [0.25, 0.3) is 11.3 Å². The van der Waals surface area contributed by atoms with Gasteiger partial charge in [0.1, 0.15) is 41.5 Å². The van der Waals surface area contributed by atoms with Crippen LogP contribution in [0, 0.1) is 22.7 Å². The van der Waals surface area contributed by atoms with E-state index in [-0.39, 0.29) is 36.5 Å². The predicted octanol–water partition coefficient (Wildman–Crippen LogP) is 4.70. The van der Waals surface area contributed by atoms with E-state index in [1.165, 1.54) is 13.8 Å². The molecule has 3 unspecified atom stereocenters. The van der Waals surface area contributed by atoms with Crippen LogP contribution in [-0.4, -0.2) is 52.4 Å². The zero-order valence-electron chi connectivity index (χ0n) is 26.4. The monoisotopic (exact) mass is 623 g/mol. The molecule has 11 heteroatoms. The maximum atomic E-state index is 13.5. The Balaban J connectivity index is 1.66. The number of rotatable bonds is 8. The van der Waals surface area contributed by atoms with E-state index in [1.807, 2.05) is 13.8 Å². The third-order valence-corrected chi connectivity index (χ3v) is 10.2. The van der Waals surface area contributed by atoms with E-state index >= 15 is 0 Å². The van der Waals surface area contributed by atoms with Crippen molar-refractivity contribution in [3.05, 3.63) is 59.2 Å². The maximum Gasteiger partial charge on any atom is 0.345 e. The standard InChI is InChI=1S/C34H41NO10/c1-7-8-11-27(38)44-26-16-24-32(4,13-12-25(42-20(3)37)33(24,5)18-41-19(2)36)30-29(39)28-23(45-34(26,30)6)15-22(43-31(28)40)21-10-9-14-35-17-21/h7,9-10,14-15,17,24-26,29-30,39H,1,8,11-13,16,18H2,2-6H3/t24?,25-,26-,29?,30?,32-,33-,34+/m0/s1. The fraction of sp³-hybridized carbons (Fsp3) is 0.559. The van der Waals surface area contributed by atoms with Gasteiger partial charge < -0.3 is 28.5 Å². The molecule has 0 bridgehead atoms. The average Bonchev–Trinajstić information content (AvgIpc) is 2.97. The van der Waals surface area contributed by atoms with Crippen molar-refractivity contribution in [3.8, 4) is 17.1 Å². The van der Waals surface area contributed by atoms with Crippen molar-refractivity contribution >= 4 is 17.9 Å². The smallest absolute Gasteiger partial charge is 0.345 e. The summed E-state index contributed by atoms with van der Waals surface area (Å²) in [6.07, 6.45) is 3.58. The summed E-state index contributed by atoms with van der Waals surface area (Å²) in [4.78, 5) is 55.0. The molecule has 0 spiro atoms. The van der Waals surface area contributed by atoms with Gasteiger partial charge in [0.05, 0.1) is 6.10 Å². The topological polar surface area (TPSA) is 151 Å². The highest BCUT2D eigenvalue weighted by Gasteiger charge is 2.70. The van der Waals surface area contributed by atoms with Crippen LogP contribution >= 0.6 is 0 Å². The van der Waals surface area contributed by atoms with Crippen molar-refractivity contribution < 1.29 is 42.9 Å². The second-order valence-corrected chi connectivity index (χ2v) is 13.1. The summed E-state index contributed by atoms with van der Waals surface area (Å²) < 4.78 is 29.9. The van der Waals surface area contributed by atoms with Gasteiger partial charge in [-0.25, -0.2) is 4.79 Å². The molecule has 2 aromatic rings. The third kappa shape index (κ3) is 5.67. The summed E-state index contributed by atoms with van der Waals surface area (Å²) in [5, 5.41) is 12.2. The van der Waals surface area contributed by atoms with Crippen LogP contribution in [0.4, 0.5) is 0 Å². The lowest BCUT2D eigenvalue weighted by Crippen LogP contribution is -2.71. The number of aromatic nitrogens is 1. The summed E-state index contributed by atoms with van der Waals surface area (Å²) in [6, 6.07) is 5.01. The summed E-state index contributed by atoms with van der Waals surface area (Å²) >= 11 is 0. The van der Waals surface area contributed by atoms with Gasteiger partial charge in [-0.15, -0.1) is 6.58 Å². The first kappa shape index (κ1) is 32.4. The Bertz CT molecular complexity index is 1540. The molecule has 0 saturated heterocycles. The maximum absolute atomic E-state index is 13.5. The molecule has 45 heavy (non-hydrogen) atoms. The van der Waals surface area contributed by atoms with Gasteiger partial charge in [0.25, 0.3) is 0 Å². The molecule has 2 fully saturated rings. The molecular formula is C34H41NO10. The Hall–Kier alpha value is -3.99. The lowest BCUT2D eigenvalue weighted by Gasteiger charge is -2.66. The minimum Gasteiger partial charge on any atom is -0.482 e. The predicted molar refractivity (Wildman–Crippen MR) is 161 cm³/mol. The number of carbonyl (C=O) groups excluding carboxylic acids is 3. The average molecular weight is 624 g/mol. The van der Waals surface area contributed by atoms with Crippen LogP contribution in [0.5, 0.6) is 5.75 Å². The van der Waals surface area contributed by atoms with Gasteiger partial charge in [0.2, 0.25) is 0 Å². The fourth-order valence-electron chi connectivity index (χ4n) is 8.27. The summed E-state index contributed by atoms with van der Waals surface area (Å²) in [7, 11) is 0. The number of hydrogen-bond donors (Lipinski definition) is 1. The molecule has 1 N–H and O–H groups in total. The number of aliphatic hydroxyl groups is 1. The van der Waals surface area contributed by atoms with Gasteiger partial charge in [-0.05, 0) is 56.1 Å². The minimum atomic E-state index is -1.36. The van der Waals surface area contributed by atoms with Crippen molar-refractivity contribution in [1.29, 1.82) is 0 Å². The molecule has 1 aliphatic heterocycles. The zero-order chi connectivity index (χ0) is 32.7. The summed E-state index contributed by atoms with van der Waals surface area (Å²) in [5.41, 5.74) is -3.17. The van der Waals surface area contributed by atoms with Crippen molar-refractivity contribution in [3.63, 3.8) is 0 Å². The van der Waals surface area contributed by atoms with E-state index in [9.17, 15) is 24.3 Å². The molecule has 2 saturated carbocycles. The summed E-state index contributed by atoms with van der Waals surface area (Å²) in [6.45, 7) is 12.0. The Morgan fingerprint density at radius 3 is 2.56 bits per heavy atom. The Kier molecular flexibility index (Phi) is 8.70. The molecule has 0 amide bonds. The number of allylic oxidation sites excluding steroid dienone is 1. The van der Waals surface area contributed by atoms with Crippen molar-refractivity contribution in [2.75, 3.05) is 6.61 Å². The molecule has 11 nitrogen and oxygen atoms in total. The number of carbonyl (C=O) groups is 3. The van der Waals surface area contributed by atoms with Gasteiger partial charge in [-0.1, -0.05) is 19.9 Å². The zero-order valence-corrected chi connectivity index (χ0v) is 26.4. The van der Waals surface area contributed by atoms with Gasteiger partial charge >= 0.3 is 23.5 Å². The molecule has 2 aliphatic carbocycles. The lowest BCUT2D eigenvalue weighted by molar-refractivity contribution is -0.271. The van der Waals surface area contributed by atoms with Gasteiger partial charge in [0.15, 0.2) is 0 Å². The molecule has 0 aromatic carbocycles. The minimum absolute atomic E-state index is 0.0208. The molecule has 5 rings (SSSR count). The number of fused-ring (bicyclic) bond motifs is 4. The van der Waals surface area contributed by atoms with E-state index < -0.39 is 70.1 Å². The van der Waals surface area contributed by atoms with Crippen molar-refractivity contribution in [2.45, 2.75) is 90.6 Å². The van der Waals surface area contributed by atoms with Crippen LogP contribution in [0.2, 0.25) is 0 Å². The van der Waals surface area contributed by atoms with E-state index in [2.05, 4.69) is 11.6 Å². The Morgan fingerprint density at radius 1 is 1.16 bits per heavy atom. The van der Waals surface area contributed by atoms with E-state index in [4.69, 9.17) is 23.4 Å². The molecule has 8 atom stereocenters. The number of ether oxygens (including phenoxy) is 4. The lowest BCUT2D eigenvalue weighted by atomic mass is 9.42. The Labute approximate surface area is 261 Å². The number of aliphatic hydroxyl groups excluding tert-OH is 1. The van der Waals surface area contributed by atoms with Crippen molar-refractivity contribution in [1.82, 2.24) is 4.98 Å². The highest BCUT2D eigenvalue weighted by Crippen LogP contribution is 2.67. The largest absolute Gasteiger partial charge is 0.482 e. The molecule has 2 aromatic heterocycles. The van der Waals surface area contributed by atoms with Crippen LogP contribution in [0.1, 0.15) is 78.4 Å². The highest BCUT2D eigenvalue weighted by atomic mass is 16.6. The second-order valence-electron chi connectivity index (χ2n) is 13.1.